The average molecular weight is 389 g/mol. The third kappa shape index (κ3) is 7.63. The van der Waals surface area contributed by atoms with Crippen LogP contribution in [0.1, 0.15) is 63.4 Å². The van der Waals surface area contributed by atoms with Crippen LogP contribution >= 0.6 is 0 Å². The first kappa shape index (κ1) is 22.4. The van der Waals surface area contributed by atoms with Gasteiger partial charge in [0.15, 0.2) is 0 Å². The smallest absolute Gasteiger partial charge is 0.303 e. The van der Waals surface area contributed by atoms with Crippen molar-refractivity contribution in [1.82, 2.24) is 0 Å². The third-order valence-corrected chi connectivity index (χ3v) is 5.63. The van der Waals surface area contributed by atoms with Crippen molar-refractivity contribution in [2.45, 2.75) is 76.1 Å². The van der Waals surface area contributed by atoms with Crippen LogP contribution in [0.5, 0.6) is 0 Å². The molecule has 5 atom stereocenters. The Morgan fingerprint density at radius 2 is 1.64 bits per heavy atom. The van der Waals surface area contributed by atoms with Crippen LogP contribution in [-0.4, -0.2) is 44.7 Å². The van der Waals surface area contributed by atoms with Crippen LogP contribution < -0.4 is 0 Å². The molecule has 0 spiro atoms. The Bertz CT molecular complexity index is 648. The summed E-state index contributed by atoms with van der Waals surface area (Å²) in [5.41, 5.74) is 0.860. The van der Waals surface area contributed by atoms with Crippen LogP contribution in [0.4, 0.5) is 0 Å². The molecule has 0 saturated heterocycles. The Balaban J connectivity index is 1.76. The zero-order chi connectivity index (χ0) is 20.4. The summed E-state index contributed by atoms with van der Waals surface area (Å²) in [5, 5.41) is 39.4. The molecule has 154 valence electrons. The molecule has 2 rings (SSSR count). The largest absolute Gasteiger partial charge is 0.481 e. The number of unbranched alkanes of at least 4 members (excludes halogenated alkanes) is 3. The van der Waals surface area contributed by atoms with E-state index in [-0.39, 0.29) is 18.3 Å². The number of aliphatic hydroxyl groups is 3. The molecule has 0 bridgehead atoms. The highest BCUT2D eigenvalue weighted by Gasteiger charge is 2.40. The molecule has 1 aromatic rings. The maximum atomic E-state index is 10.5. The molecule has 1 saturated carbocycles. The zero-order valence-corrected chi connectivity index (χ0v) is 16.3. The minimum absolute atomic E-state index is 0.0257. The normalized spacial score (nSPS) is 25.1. The number of rotatable bonds is 10. The van der Waals surface area contributed by atoms with Gasteiger partial charge < -0.3 is 20.4 Å². The first-order chi connectivity index (χ1) is 13.5. The van der Waals surface area contributed by atoms with Gasteiger partial charge in [0.05, 0.1) is 12.2 Å². The highest BCUT2D eigenvalue weighted by atomic mass is 16.4. The van der Waals surface area contributed by atoms with E-state index in [4.69, 9.17) is 5.11 Å². The second kappa shape index (κ2) is 11.9. The summed E-state index contributed by atoms with van der Waals surface area (Å²) >= 11 is 0. The van der Waals surface area contributed by atoms with Gasteiger partial charge in [-0.05, 0) is 56.1 Å². The van der Waals surface area contributed by atoms with Gasteiger partial charge in [0, 0.05) is 12.0 Å². The lowest BCUT2D eigenvalue weighted by Gasteiger charge is -2.24. The number of benzene rings is 1. The standard InChI is InChI=1S/C23H32O5/c24-18(13-12-17-8-4-3-5-9-17)14-15-20-19(21(25)16-22(20)26)10-6-1-2-7-11-23(27)28/h3-5,8-9,18-22,24-26H,1-2,6-7,10-11,14-16H2,(H,27,28)/t18-,19+,20?,21-,22+/m0/s1. The van der Waals surface area contributed by atoms with Crippen LogP contribution in [-0.2, 0) is 4.79 Å². The maximum absolute atomic E-state index is 10.5. The molecule has 0 aliphatic heterocycles. The van der Waals surface area contributed by atoms with Gasteiger partial charge in [-0.2, -0.15) is 0 Å². The first-order valence-corrected chi connectivity index (χ1v) is 10.3. The van der Waals surface area contributed by atoms with E-state index in [1.165, 1.54) is 0 Å². The van der Waals surface area contributed by atoms with E-state index in [2.05, 4.69) is 11.8 Å². The topological polar surface area (TPSA) is 98.0 Å². The molecular formula is C23H32O5. The van der Waals surface area contributed by atoms with Crippen LogP contribution in [0.25, 0.3) is 0 Å². The van der Waals surface area contributed by atoms with Crippen molar-refractivity contribution in [3.8, 4) is 11.8 Å². The molecule has 0 radical (unpaired) electrons. The minimum Gasteiger partial charge on any atom is -0.481 e. The second-order valence-corrected chi connectivity index (χ2v) is 7.77. The Morgan fingerprint density at radius 1 is 1.00 bits per heavy atom. The fraction of sp³-hybridized carbons (Fsp3) is 0.609. The van der Waals surface area contributed by atoms with E-state index in [0.29, 0.717) is 25.7 Å². The van der Waals surface area contributed by atoms with Gasteiger partial charge in [0.2, 0.25) is 0 Å². The molecule has 1 fully saturated rings. The van der Waals surface area contributed by atoms with Crippen LogP contribution in [0.2, 0.25) is 0 Å². The molecule has 5 nitrogen and oxygen atoms in total. The summed E-state index contributed by atoms with van der Waals surface area (Å²) in [6.07, 6.45) is 4.13. The summed E-state index contributed by atoms with van der Waals surface area (Å²) in [6.45, 7) is 0. The van der Waals surface area contributed by atoms with Crippen LogP contribution in [0.3, 0.4) is 0 Å². The molecule has 28 heavy (non-hydrogen) atoms. The van der Waals surface area contributed by atoms with E-state index < -0.39 is 24.3 Å². The van der Waals surface area contributed by atoms with E-state index in [1.807, 2.05) is 30.3 Å². The Hall–Kier alpha value is -1.87. The SMILES string of the molecule is O=C(O)CCCCCC[C@@H]1C(CC[C@@H](O)C#Cc2ccccc2)[C@H](O)C[C@@H]1O. The summed E-state index contributed by atoms with van der Waals surface area (Å²) in [6, 6.07) is 9.51. The van der Waals surface area contributed by atoms with Crippen LogP contribution in [0, 0.1) is 23.7 Å². The van der Waals surface area contributed by atoms with Gasteiger partial charge in [-0.15, -0.1) is 0 Å². The van der Waals surface area contributed by atoms with Crippen molar-refractivity contribution in [3.63, 3.8) is 0 Å². The average Bonchev–Trinajstić information content (AvgIpc) is 2.94. The predicted molar refractivity (Wildman–Crippen MR) is 108 cm³/mol. The van der Waals surface area contributed by atoms with E-state index in [9.17, 15) is 20.1 Å². The lowest BCUT2D eigenvalue weighted by atomic mass is 9.85. The van der Waals surface area contributed by atoms with Crippen LogP contribution in [0.15, 0.2) is 30.3 Å². The Kier molecular flexibility index (Phi) is 9.49. The second-order valence-electron chi connectivity index (χ2n) is 7.77. The van der Waals surface area contributed by atoms with Gasteiger partial charge in [-0.3, -0.25) is 4.79 Å². The number of carbonyl (C=O) groups is 1. The minimum atomic E-state index is -0.761. The number of carboxylic acid groups (broad SMARTS) is 1. The van der Waals surface area contributed by atoms with Crippen molar-refractivity contribution in [1.29, 1.82) is 0 Å². The van der Waals surface area contributed by atoms with Crippen molar-refractivity contribution < 1.29 is 25.2 Å². The fourth-order valence-electron chi connectivity index (χ4n) is 4.10. The molecule has 1 aliphatic rings. The monoisotopic (exact) mass is 388 g/mol. The number of hydrogen-bond donors (Lipinski definition) is 4. The molecule has 0 amide bonds. The lowest BCUT2D eigenvalue weighted by molar-refractivity contribution is -0.137. The maximum Gasteiger partial charge on any atom is 0.303 e. The highest BCUT2D eigenvalue weighted by molar-refractivity contribution is 5.66. The summed E-state index contributed by atoms with van der Waals surface area (Å²) < 4.78 is 0. The molecule has 0 heterocycles. The fourth-order valence-corrected chi connectivity index (χ4v) is 4.10. The molecule has 0 aromatic heterocycles. The molecule has 5 heteroatoms. The Labute approximate surface area is 167 Å². The molecule has 4 N–H and O–H groups in total. The highest BCUT2D eigenvalue weighted by Crippen LogP contribution is 2.39. The number of hydrogen-bond acceptors (Lipinski definition) is 4. The van der Waals surface area contributed by atoms with Gasteiger partial charge in [0.25, 0.3) is 0 Å². The molecule has 1 aliphatic carbocycles. The third-order valence-electron chi connectivity index (χ3n) is 5.63. The number of aliphatic hydroxyl groups excluding tert-OH is 3. The van der Waals surface area contributed by atoms with Gasteiger partial charge in [0.1, 0.15) is 6.10 Å². The van der Waals surface area contributed by atoms with Crippen molar-refractivity contribution in [3.05, 3.63) is 35.9 Å². The van der Waals surface area contributed by atoms with Gasteiger partial charge in [-0.25, -0.2) is 0 Å². The van der Waals surface area contributed by atoms with Gasteiger partial charge >= 0.3 is 5.97 Å². The van der Waals surface area contributed by atoms with Crippen molar-refractivity contribution >= 4 is 5.97 Å². The van der Waals surface area contributed by atoms with E-state index in [0.717, 1.165) is 31.2 Å². The molecule has 1 aromatic carbocycles. The quantitative estimate of drug-likeness (QED) is 0.365. The number of aliphatic carboxylic acids is 1. The summed E-state index contributed by atoms with van der Waals surface area (Å²) in [7, 11) is 0. The van der Waals surface area contributed by atoms with Crippen molar-refractivity contribution in [2.24, 2.45) is 11.8 Å². The van der Waals surface area contributed by atoms with Crippen molar-refractivity contribution in [2.75, 3.05) is 0 Å². The molecular weight excluding hydrogens is 356 g/mol. The Morgan fingerprint density at radius 3 is 2.32 bits per heavy atom. The predicted octanol–water partition coefficient (Wildman–Crippen LogP) is 2.96. The first-order valence-electron chi connectivity index (χ1n) is 10.3. The molecule has 1 unspecified atom stereocenters. The summed E-state index contributed by atoms with van der Waals surface area (Å²) in [4.78, 5) is 10.5. The van der Waals surface area contributed by atoms with E-state index in [1.54, 1.807) is 0 Å². The van der Waals surface area contributed by atoms with E-state index >= 15 is 0 Å². The lowest BCUT2D eigenvalue weighted by Crippen LogP contribution is -2.23. The number of carboxylic acids is 1. The summed E-state index contributed by atoms with van der Waals surface area (Å²) in [5.74, 6) is 5.06. The van der Waals surface area contributed by atoms with Gasteiger partial charge in [-0.1, -0.05) is 49.3 Å². The zero-order valence-electron chi connectivity index (χ0n) is 16.3.